The first-order chi connectivity index (χ1) is 7.25. The standard InChI is InChI=1S/C10H11N3O2/c1-7-9(4-3-5-11-7)14-6-10-12-8(2)13-15-10/h3-5H,6H2,1-2H3. The molecule has 0 atom stereocenters. The molecule has 0 unspecified atom stereocenters. The van der Waals surface area contributed by atoms with Crippen LogP contribution in [0, 0.1) is 13.8 Å². The molecule has 0 spiro atoms. The molecule has 0 saturated carbocycles. The molecule has 15 heavy (non-hydrogen) atoms. The van der Waals surface area contributed by atoms with Gasteiger partial charge in [0.1, 0.15) is 5.75 Å². The van der Waals surface area contributed by atoms with E-state index in [4.69, 9.17) is 9.26 Å². The molecule has 78 valence electrons. The van der Waals surface area contributed by atoms with Crippen molar-refractivity contribution in [2.75, 3.05) is 0 Å². The van der Waals surface area contributed by atoms with Gasteiger partial charge in [-0.1, -0.05) is 5.16 Å². The summed E-state index contributed by atoms with van der Waals surface area (Å²) >= 11 is 0. The van der Waals surface area contributed by atoms with Crippen molar-refractivity contribution in [2.24, 2.45) is 0 Å². The van der Waals surface area contributed by atoms with E-state index in [2.05, 4.69) is 15.1 Å². The first kappa shape index (κ1) is 9.64. The van der Waals surface area contributed by atoms with E-state index < -0.39 is 0 Å². The molecule has 5 nitrogen and oxygen atoms in total. The van der Waals surface area contributed by atoms with Crippen LogP contribution >= 0.6 is 0 Å². The van der Waals surface area contributed by atoms with Gasteiger partial charge in [-0.25, -0.2) is 0 Å². The van der Waals surface area contributed by atoms with Crippen molar-refractivity contribution in [3.63, 3.8) is 0 Å². The molecule has 5 heteroatoms. The topological polar surface area (TPSA) is 61.0 Å². The van der Waals surface area contributed by atoms with Crippen LogP contribution in [0.25, 0.3) is 0 Å². The lowest BCUT2D eigenvalue weighted by atomic mass is 10.3. The van der Waals surface area contributed by atoms with E-state index in [1.54, 1.807) is 13.1 Å². The third kappa shape index (κ3) is 2.31. The number of ether oxygens (including phenoxy) is 1. The molecule has 0 aliphatic rings. The van der Waals surface area contributed by atoms with Crippen molar-refractivity contribution in [1.29, 1.82) is 0 Å². The number of nitrogens with zero attached hydrogens (tertiary/aromatic N) is 3. The quantitative estimate of drug-likeness (QED) is 0.762. The maximum Gasteiger partial charge on any atom is 0.264 e. The van der Waals surface area contributed by atoms with Gasteiger partial charge in [-0.15, -0.1) is 0 Å². The lowest BCUT2D eigenvalue weighted by molar-refractivity contribution is 0.240. The Morgan fingerprint density at radius 2 is 2.27 bits per heavy atom. The summed E-state index contributed by atoms with van der Waals surface area (Å²) in [6, 6.07) is 3.67. The SMILES string of the molecule is Cc1noc(COc2cccnc2C)n1. The number of hydrogen-bond acceptors (Lipinski definition) is 5. The van der Waals surface area contributed by atoms with Crippen molar-refractivity contribution in [3.8, 4) is 5.75 Å². The van der Waals surface area contributed by atoms with Crippen LogP contribution in [-0.2, 0) is 6.61 Å². The smallest absolute Gasteiger partial charge is 0.264 e. The van der Waals surface area contributed by atoms with Crippen LogP contribution in [0.15, 0.2) is 22.9 Å². The average molecular weight is 205 g/mol. The van der Waals surface area contributed by atoms with Gasteiger partial charge in [-0.3, -0.25) is 4.98 Å². The molecule has 0 aliphatic carbocycles. The number of hydrogen-bond donors (Lipinski definition) is 0. The minimum atomic E-state index is 0.271. The largest absolute Gasteiger partial charge is 0.482 e. The fourth-order valence-corrected chi connectivity index (χ4v) is 1.16. The molecule has 0 radical (unpaired) electrons. The number of aromatic nitrogens is 3. The Kier molecular flexibility index (Phi) is 2.62. The highest BCUT2D eigenvalue weighted by Crippen LogP contribution is 2.14. The lowest BCUT2D eigenvalue weighted by Crippen LogP contribution is -1.98. The third-order valence-electron chi connectivity index (χ3n) is 1.88. The Labute approximate surface area is 87.1 Å². The second kappa shape index (κ2) is 4.08. The summed E-state index contributed by atoms with van der Waals surface area (Å²) in [5.74, 6) is 1.81. The van der Waals surface area contributed by atoms with E-state index in [0.29, 0.717) is 11.7 Å². The minimum Gasteiger partial charge on any atom is -0.482 e. The summed E-state index contributed by atoms with van der Waals surface area (Å²) in [7, 11) is 0. The van der Waals surface area contributed by atoms with Gasteiger partial charge in [0.15, 0.2) is 12.4 Å². The van der Waals surface area contributed by atoms with Gasteiger partial charge in [0.2, 0.25) is 0 Å². The van der Waals surface area contributed by atoms with E-state index in [9.17, 15) is 0 Å². The molecule has 0 aliphatic heterocycles. The molecule has 0 N–H and O–H groups in total. The Balaban J connectivity index is 2.02. The van der Waals surface area contributed by atoms with Crippen molar-refractivity contribution in [2.45, 2.75) is 20.5 Å². The summed E-state index contributed by atoms with van der Waals surface area (Å²) < 4.78 is 10.4. The van der Waals surface area contributed by atoms with Crippen molar-refractivity contribution >= 4 is 0 Å². The Hall–Kier alpha value is -1.91. The van der Waals surface area contributed by atoms with E-state index in [0.717, 1.165) is 11.4 Å². The van der Waals surface area contributed by atoms with Gasteiger partial charge in [0.05, 0.1) is 5.69 Å². The van der Waals surface area contributed by atoms with Crippen LogP contribution in [0.5, 0.6) is 5.75 Å². The van der Waals surface area contributed by atoms with Crippen LogP contribution < -0.4 is 4.74 Å². The number of pyridine rings is 1. The Bertz CT molecular complexity index is 453. The zero-order valence-electron chi connectivity index (χ0n) is 8.60. The summed E-state index contributed by atoms with van der Waals surface area (Å²) in [6.07, 6.45) is 1.72. The van der Waals surface area contributed by atoms with E-state index >= 15 is 0 Å². The van der Waals surface area contributed by atoms with Crippen LogP contribution in [0.1, 0.15) is 17.4 Å². The molecular weight excluding hydrogens is 194 g/mol. The number of aryl methyl sites for hydroxylation is 2. The zero-order chi connectivity index (χ0) is 10.7. The second-order valence-electron chi connectivity index (χ2n) is 3.11. The molecule has 0 fully saturated rings. The lowest BCUT2D eigenvalue weighted by Gasteiger charge is -2.04. The molecule has 2 rings (SSSR count). The Morgan fingerprint density at radius 3 is 2.93 bits per heavy atom. The molecule has 2 aromatic heterocycles. The van der Waals surface area contributed by atoms with E-state index in [-0.39, 0.29) is 6.61 Å². The first-order valence-corrected chi connectivity index (χ1v) is 4.59. The van der Waals surface area contributed by atoms with E-state index in [1.165, 1.54) is 0 Å². The van der Waals surface area contributed by atoms with Gasteiger partial charge >= 0.3 is 0 Å². The van der Waals surface area contributed by atoms with Gasteiger partial charge in [-0.05, 0) is 26.0 Å². The molecule has 2 aromatic rings. The highest BCUT2D eigenvalue weighted by Gasteiger charge is 2.04. The molecule has 0 saturated heterocycles. The third-order valence-corrected chi connectivity index (χ3v) is 1.88. The monoisotopic (exact) mass is 205 g/mol. The van der Waals surface area contributed by atoms with E-state index in [1.807, 2.05) is 19.1 Å². The number of rotatable bonds is 3. The summed E-state index contributed by atoms with van der Waals surface area (Å²) in [4.78, 5) is 8.14. The Morgan fingerprint density at radius 1 is 1.40 bits per heavy atom. The van der Waals surface area contributed by atoms with Crippen LogP contribution in [0.4, 0.5) is 0 Å². The van der Waals surface area contributed by atoms with Crippen molar-refractivity contribution in [3.05, 3.63) is 35.7 Å². The molecular formula is C10H11N3O2. The van der Waals surface area contributed by atoms with Crippen molar-refractivity contribution < 1.29 is 9.26 Å². The maximum atomic E-state index is 5.48. The predicted molar refractivity (Wildman–Crippen MR) is 52.3 cm³/mol. The summed E-state index contributed by atoms with van der Waals surface area (Å²) in [5.41, 5.74) is 0.841. The second-order valence-corrected chi connectivity index (χ2v) is 3.11. The van der Waals surface area contributed by atoms with Gasteiger partial charge in [0.25, 0.3) is 5.89 Å². The average Bonchev–Trinajstić information content (AvgIpc) is 2.63. The maximum absolute atomic E-state index is 5.48. The van der Waals surface area contributed by atoms with Gasteiger partial charge < -0.3 is 9.26 Å². The van der Waals surface area contributed by atoms with Crippen LogP contribution in [0.2, 0.25) is 0 Å². The highest BCUT2D eigenvalue weighted by atomic mass is 16.5. The van der Waals surface area contributed by atoms with Crippen LogP contribution in [-0.4, -0.2) is 15.1 Å². The van der Waals surface area contributed by atoms with Gasteiger partial charge in [0, 0.05) is 6.20 Å². The fraction of sp³-hybridized carbons (Fsp3) is 0.300. The normalized spacial score (nSPS) is 10.3. The molecule has 0 bridgehead atoms. The van der Waals surface area contributed by atoms with Gasteiger partial charge in [-0.2, -0.15) is 4.98 Å². The summed E-state index contributed by atoms with van der Waals surface area (Å²) in [6.45, 7) is 3.92. The summed E-state index contributed by atoms with van der Waals surface area (Å²) in [5, 5.41) is 3.67. The molecule has 0 aromatic carbocycles. The fourth-order valence-electron chi connectivity index (χ4n) is 1.16. The minimum absolute atomic E-state index is 0.271. The highest BCUT2D eigenvalue weighted by molar-refractivity contribution is 5.25. The first-order valence-electron chi connectivity index (χ1n) is 4.59. The predicted octanol–water partition coefficient (Wildman–Crippen LogP) is 1.66. The molecule has 2 heterocycles. The van der Waals surface area contributed by atoms with Crippen LogP contribution in [0.3, 0.4) is 0 Å². The zero-order valence-corrected chi connectivity index (χ0v) is 8.60. The molecule has 0 amide bonds. The van der Waals surface area contributed by atoms with Crippen molar-refractivity contribution in [1.82, 2.24) is 15.1 Å².